The number of aliphatic hydroxyl groups is 1. The lowest BCUT2D eigenvalue weighted by molar-refractivity contribution is 0.0728. The number of fused-ring (bicyclic) bond motifs is 1. The number of nitrogens with one attached hydrogen (secondary N) is 1. The van der Waals surface area contributed by atoms with Crippen LogP contribution in [-0.4, -0.2) is 40.2 Å². The molecule has 2 aromatic rings. The van der Waals surface area contributed by atoms with E-state index in [1.54, 1.807) is 6.07 Å². The molecule has 0 aliphatic rings. The Kier molecular flexibility index (Phi) is 4.58. The second kappa shape index (κ2) is 5.99. The normalized spacial score (nSPS) is 12.9. The number of nitrogens with zero attached hydrogens (tertiary/aromatic N) is 2. The lowest BCUT2D eigenvalue weighted by Crippen LogP contribution is -2.24. The molecule has 0 saturated heterocycles. The maximum Gasteiger partial charge on any atom is 0.130 e. The van der Waals surface area contributed by atoms with Crippen molar-refractivity contribution < 1.29 is 9.84 Å². The molecule has 0 spiro atoms. The Hall–Kier alpha value is -0.660. The summed E-state index contributed by atoms with van der Waals surface area (Å²) >= 11 is 13.2. The van der Waals surface area contributed by atoms with E-state index in [2.05, 4.69) is 14.1 Å². The molecule has 0 aliphatic heterocycles. The molecule has 0 amide bonds. The van der Waals surface area contributed by atoms with Crippen LogP contribution in [0, 0.1) is 0 Å². The van der Waals surface area contributed by atoms with Crippen LogP contribution in [0.25, 0.3) is 11.0 Å². The van der Waals surface area contributed by atoms with Gasteiger partial charge in [-0.2, -0.15) is 8.75 Å². The molecular weight excluding hydrogens is 297 g/mol. The minimum absolute atomic E-state index is 0.247. The van der Waals surface area contributed by atoms with Crippen molar-refractivity contribution in [2.24, 2.45) is 0 Å². The first-order valence-corrected chi connectivity index (χ1v) is 6.63. The Labute approximate surface area is 118 Å². The Morgan fingerprint density at radius 1 is 1.39 bits per heavy atom. The summed E-state index contributed by atoms with van der Waals surface area (Å²) in [4.78, 5) is 0. The summed E-state index contributed by atoms with van der Waals surface area (Å²) in [6.45, 7) is 0.554. The van der Waals surface area contributed by atoms with Crippen molar-refractivity contribution in [3.05, 3.63) is 16.1 Å². The van der Waals surface area contributed by atoms with E-state index in [1.807, 2.05) is 0 Å². The molecule has 98 valence electrons. The number of rotatable bonds is 5. The monoisotopic (exact) mass is 307 g/mol. The van der Waals surface area contributed by atoms with Crippen LogP contribution in [0.3, 0.4) is 0 Å². The number of benzene rings is 1. The number of hydrogen-bond acceptors (Lipinski definition) is 6. The van der Waals surface area contributed by atoms with E-state index in [9.17, 15) is 5.11 Å². The number of methoxy groups -OCH3 is 1. The van der Waals surface area contributed by atoms with Gasteiger partial charge in [-0.25, -0.2) is 0 Å². The van der Waals surface area contributed by atoms with Crippen molar-refractivity contribution in [2.45, 2.75) is 6.10 Å². The van der Waals surface area contributed by atoms with Gasteiger partial charge < -0.3 is 15.2 Å². The van der Waals surface area contributed by atoms with Crippen LogP contribution in [0.15, 0.2) is 6.07 Å². The minimum Gasteiger partial charge on any atom is -0.389 e. The maximum atomic E-state index is 9.59. The first kappa shape index (κ1) is 13.8. The molecule has 1 aromatic carbocycles. The molecular formula is C10H11Cl2N3O2S. The predicted molar refractivity (Wildman–Crippen MR) is 73.8 cm³/mol. The molecule has 0 aliphatic carbocycles. The van der Waals surface area contributed by atoms with E-state index < -0.39 is 6.10 Å². The summed E-state index contributed by atoms with van der Waals surface area (Å²) in [7, 11) is 1.53. The smallest absolute Gasteiger partial charge is 0.130 e. The Morgan fingerprint density at radius 3 is 2.83 bits per heavy atom. The molecule has 0 fully saturated rings. The predicted octanol–water partition coefficient (Wildman–Crippen LogP) is 2.42. The molecule has 2 N–H and O–H groups in total. The molecule has 1 unspecified atom stereocenters. The zero-order valence-electron chi connectivity index (χ0n) is 9.48. The highest BCUT2D eigenvalue weighted by Crippen LogP contribution is 2.35. The van der Waals surface area contributed by atoms with Crippen LogP contribution in [0.4, 0.5) is 5.69 Å². The quantitative estimate of drug-likeness (QED) is 0.888. The van der Waals surface area contributed by atoms with Gasteiger partial charge in [0.05, 0.1) is 40.2 Å². The van der Waals surface area contributed by atoms with Gasteiger partial charge in [0.1, 0.15) is 11.0 Å². The molecule has 2 rings (SSSR count). The summed E-state index contributed by atoms with van der Waals surface area (Å²) in [6, 6.07) is 1.61. The van der Waals surface area contributed by atoms with E-state index in [-0.39, 0.29) is 6.61 Å². The molecule has 5 nitrogen and oxygen atoms in total. The van der Waals surface area contributed by atoms with E-state index in [0.717, 1.165) is 11.7 Å². The standard InChI is InChI=1S/C10H11Cl2N3O2S/c1-17-4-5(16)3-13-8-6(11)2-7(12)9-10(8)15-18-14-9/h2,5,13,16H,3-4H2,1H3. The van der Waals surface area contributed by atoms with Gasteiger partial charge in [-0.1, -0.05) is 23.2 Å². The highest BCUT2D eigenvalue weighted by atomic mass is 35.5. The maximum absolute atomic E-state index is 9.59. The molecule has 1 heterocycles. The van der Waals surface area contributed by atoms with Crippen molar-refractivity contribution in [2.75, 3.05) is 25.6 Å². The molecule has 8 heteroatoms. The first-order chi connectivity index (χ1) is 8.63. The minimum atomic E-state index is -0.622. The fourth-order valence-corrected chi connectivity index (χ4v) is 2.69. The van der Waals surface area contributed by atoms with Crippen LogP contribution in [0.2, 0.25) is 10.0 Å². The van der Waals surface area contributed by atoms with Gasteiger partial charge >= 0.3 is 0 Å². The molecule has 18 heavy (non-hydrogen) atoms. The van der Waals surface area contributed by atoms with Gasteiger partial charge in [-0.3, -0.25) is 0 Å². The molecule has 0 saturated carbocycles. The lowest BCUT2D eigenvalue weighted by atomic mass is 10.2. The fourth-order valence-electron chi connectivity index (χ4n) is 1.51. The van der Waals surface area contributed by atoms with Crippen molar-refractivity contribution in [1.29, 1.82) is 0 Å². The van der Waals surface area contributed by atoms with E-state index >= 15 is 0 Å². The van der Waals surface area contributed by atoms with Gasteiger partial charge in [0.2, 0.25) is 0 Å². The topological polar surface area (TPSA) is 67.3 Å². The Bertz CT molecular complexity index is 549. The summed E-state index contributed by atoms with van der Waals surface area (Å²) in [6.07, 6.45) is -0.622. The van der Waals surface area contributed by atoms with E-state index in [0.29, 0.717) is 33.3 Å². The van der Waals surface area contributed by atoms with Crippen LogP contribution in [0.1, 0.15) is 0 Å². The number of halogens is 2. The highest BCUT2D eigenvalue weighted by molar-refractivity contribution is 7.00. The van der Waals surface area contributed by atoms with Crippen LogP contribution in [-0.2, 0) is 4.74 Å². The lowest BCUT2D eigenvalue weighted by Gasteiger charge is -2.13. The second-order valence-electron chi connectivity index (χ2n) is 3.67. The van der Waals surface area contributed by atoms with Crippen LogP contribution >= 0.6 is 34.9 Å². The van der Waals surface area contributed by atoms with Gasteiger partial charge in [0.15, 0.2) is 0 Å². The fraction of sp³-hybridized carbons (Fsp3) is 0.400. The van der Waals surface area contributed by atoms with Gasteiger partial charge in [-0.15, -0.1) is 0 Å². The second-order valence-corrected chi connectivity index (χ2v) is 5.01. The summed E-state index contributed by atoms with van der Waals surface area (Å²) in [5.41, 5.74) is 1.84. The van der Waals surface area contributed by atoms with Crippen LogP contribution in [0.5, 0.6) is 0 Å². The van der Waals surface area contributed by atoms with Crippen molar-refractivity contribution in [3.63, 3.8) is 0 Å². The number of aliphatic hydroxyl groups excluding tert-OH is 1. The third-order valence-corrected chi connectivity index (χ3v) is 3.43. The highest BCUT2D eigenvalue weighted by Gasteiger charge is 2.14. The number of aromatic nitrogens is 2. The Balaban J connectivity index is 2.24. The van der Waals surface area contributed by atoms with Crippen molar-refractivity contribution in [3.8, 4) is 0 Å². The molecule has 0 bridgehead atoms. The Morgan fingerprint density at radius 2 is 2.11 bits per heavy atom. The first-order valence-electron chi connectivity index (χ1n) is 5.14. The van der Waals surface area contributed by atoms with Gasteiger partial charge in [0.25, 0.3) is 0 Å². The van der Waals surface area contributed by atoms with Gasteiger partial charge in [0, 0.05) is 13.7 Å². The van der Waals surface area contributed by atoms with Crippen LogP contribution < -0.4 is 5.32 Å². The third kappa shape index (κ3) is 2.84. The zero-order chi connectivity index (χ0) is 13.1. The summed E-state index contributed by atoms with van der Waals surface area (Å²) in [5, 5.41) is 13.5. The average Bonchev–Trinajstić information content (AvgIpc) is 2.78. The SMILES string of the molecule is COCC(O)CNc1c(Cl)cc(Cl)c2nsnc12. The largest absolute Gasteiger partial charge is 0.389 e. The molecule has 0 radical (unpaired) electrons. The number of anilines is 1. The van der Waals surface area contributed by atoms with E-state index in [4.69, 9.17) is 27.9 Å². The van der Waals surface area contributed by atoms with Gasteiger partial charge in [-0.05, 0) is 6.07 Å². The molecule has 1 aromatic heterocycles. The van der Waals surface area contributed by atoms with Crippen molar-refractivity contribution >= 4 is 51.7 Å². The number of ether oxygens (including phenoxy) is 1. The summed E-state index contributed by atoms with van der Waals surface area (Å²) in [5.74, 6) is 0. The number of hydrogen-bond donors (Lipinski definition) is 2. The average molecular weight is 308 g/mol. The summed E-state index contributed by atoms with van der Waals surface area (Å²) < 4.78 is 13.1. The zero-order valence-corrected chi connectivity index (χ0v) is 11.8. The van der Waals surface area contributed by atoms with Crippen molar-refractivity contribution in [1.82, 2.24) is 8.75 Å². The van der Waals surface area contributed by atoms with E-state index in [1.165, 1.54) is 7.11 Å². The third-order valence-electron chi connectivity index (χ3n) is 2.32. The molecule has 1 atom stereocenters.